The quantitative estimate of drug-likeness (QED) is 0.546. The molecule has 1 aliphatic rings. The molecular formula is C24H28N4O3. The van der Waals surface area contributed by atoms with Crippen molar-refractivity contribution in [2.75, 3.05) is 38.7 Å². The summed E-state index contributed by atoms with van der Waals surface area (Å²) in [5.74, 6) is 2.18. The Morgan fingerprint density at radius 2 is 1.71 bits per heavy atom. The molecule has 2 heterocycles. The second kappa shape index (κ2) is 10.2. The maximum Gasteiger partial charge on any atom is 0.227 e. The summed E-state index contributed by atoms with van der Waals surface area (Å²) in [5, 5.41) is 12.6. The minimum Gasteiger partial charge on any atom is -0.497 e. The van der Waals surface area contributed by atoms with Gasteiger partial charge in [-0.25, -0.2) is 9.97 Å². The third-order valence-corrected chi connectivity index (χ3v) is 5.54. The molecule has 0 amide bonds. The Balaban J connectivity index is 1.28. The zero-order chi connectivity index (χ0) is 21.5. The number of likely N-dealkylation sites (tertiary alicyclic amines) is 1. The fourth-order valence-corrected chi connectivity index (χ4v) is 3.77. The van der Waals surface area contributed by atoms with E-state index in [1.165, 1.54) is 0 Å². The second-order valence-electron chi connectivity index (χ2n) is 7.54. The van der Waals surface area contributed by atoms with Crippen molar-refractivity contribution in [2.24, 2.45) is 0 Å². The average molecular weight is 421 g/mol. The zero-order valence-electron chi connectivity index (χ0n) is 17.7. The number of aliphatic hydroxyl groups excluding tert-OH is 1. The number of methoxy groups -OCH3 is 1. The summed E-state index contributed by atoms with van der Waals surface area (Å²) in [7, 11) is 1.65. The lowest BCUT2D eigenvalue weighted by atomic mass is 10.1. The average Bonchev–Trinajstić information content (AvgIpc) is 3.28. The third kappa shape index (κ3) is 5.51. The molecular weight excluding hydrogens is 392 g/mol. The van der Waals surface area contributed by atoms with Crippen LogP contribution in [0.4, 0.5) is 11.6 Å². The van der Waals surface area contributed by atoms with Gasteiger partial charge >= 0.3 is 0 Å². The molecule has 7 heteroatoms. The predicted octanol–water partition coefficient (Wildman–Crippen LogP) is 3.73. The van der Waals surface area contributed by atoms with Crippen molar-refractivity contribution in [1.82, 2.24) is 14.9 Å². The molecule has 162 valence electrons. The Hall–Kier alpha value is -3.16. The predicted molar refractivity (Wildman–Crippen MR) is 121 cm³/mol. The van der Waals surface area contributed by atoms with Gasteiger partial charge < -0.3 is 19.9 Å². The van der Waals surface area contributed by atoms with Crippen LogP contribution in [0.2, 0.25) is 0 Å². The standard InChI is InChI=1S/C24H28N4O3/c1-30-22-8-4-18(5-9-22)19-15-25-24(26-16-19)27-20-6-10-23(11-7-20)31-14-13-28-12-2-3-21(28)17-29/h4-11,15-16,21,29H,2-3,12-14,17H2,1H3,(H,25,26,27)/t21-/m0/s1. The van der Waals surface area contributed by atoms with Crippen molar-refractivity contribution in [3.05, 3.63) is 60.9 Å². The molecule has 1 fully saturated rings. The van der Waals surface area contributed by atoms with Crippen molar-refractivity contribution >= 4 is 11.6 Å². The van der Waals surface area contributed by atoms with Crippen LogP contribution in [0, 0.1) is 0 Å². The molecule has 4 rings (SSSR count). The number of anilines is 2. The number of hydrogen-bond acceptors (Lipinski definition) is 7. The van der Waals surface area contributed by atoms with E-state index in [1.54, 1.807) is 19.5 Å². The summed E-state index contributed by atoms with van der Waals surface area (Å²) < 4.78 is 11.0. The highest BCUT2D eigenvalue weighted by molar-refractivity contribution is 5.63. The number of rotatable bonds is 9. The Kier molecular flexibility index (Phi) is 6.96. The van der Waals surface area contributed by atoms with E-state index in [-0.39, 0.29) is 12.6 Å². The van der Waals surface area contributed by atoms with Gasteiger partial charge in [-0.2, -0.15) is 0 Å². The maximum absolute atomic E-state index is 9.39. The summed E-state index contributed by atoms with van der Waals surface area (Å²) in [6.07, 6.45) is 5.81. The fourth-order valence-electron chi connectivity index (χ4n) is 3.77. The van der Waals surface area contributed by atoms with Crippen LogP contribution in [-0.2, 0) is 0 Å². The summed E-state index contributed by atoms with van der Waals surface area (Å²) in [6, 6.07) is 15.8. The van der Waals surface area contributed by atoms with Crippen LogP contribution in [0.3, 0.4) is 0 Å². The van der Waals surface area contributed by atoms with Crippen molar-refractivity contribution in [3.8, 4) is 22.6 Å². The van der Waals surface area contributed by atoms with E-state index in [0.717, 1.165) is 54.2 Å². The van der Waals surface area contributed by atoms with Crippen LogP contribution in [0.15, 0.2) is 60.9 Å². The van der Waals surface area contributed by atoms with Gasteiger partial charge in [-0.15, -0.1) is 0 Å². The van der Waals surface area contributed by atoms with Gasteiger partial charge in [0.15, 0.2) is 0 Å². The molecule has 2 aromatic carbocycles. The number of nitrogens with zero attached hydrogens (tertiary/aromatic N) is 3. The lowest BCUT2D eigenvalue weighted by molar-refractivity contribution is 0.139. The van der Waals surface area contributed by atoms with Gasteiger partial charge in [0.2, 0.25) is 5.95 Å². The minimum absolute atomic E-state index is 0.226. The highest BCUT2D eigenvalue weighted by Crippen LogP contribution is 2.23. The van der Waals surface area contributed by atoms with Crippen LogP contribution in [-0.4, -0.2) is 59.4 Å². The molecule has 1 aromatic heterocycles. The molecule has 0 saturated carbocycles. The molecule has 2 N–H and O–H groups in total. The van der Waals surface area contributed by atoms with E-state index in [2.05, 4.69) is 20.2 Å². The summed E-state index contributed by atoms with van der Waals surface area (Å²) in [6.45, 7) is 2.71. The zero-order valence-corrected chi connectivity index (χ0v) is 17.7. The Morgan fingerprint density at radius 1 is 1.00 bits per heavy atom. The van der Waals surface area contributed by atoms with Gasteiger partial charge in [0, 0.05) is 36.2 Å². The highest BCUT2D eigenvalue weighted by atomic mass is 16.5. The van der Waals surface area contributed by atoms with Gasteiger partial charge in [-0.3, -0.25) is 4.90 Å². The third-order valence-electron chi connectivity index (χ3n) is 5.54. The van der Waals surface area contributed by atoms with E-state index in [9.17, 15) is 5.11 Å². The highest BCUT2D eigenvalue weighted by Gasteiger charge is 2.23. The fraction of sp³-hybridized carbons (Fsp3) is 0.333. The van der Waals surface area contributed by atoms with E-state index >= 15 is 0 Å². The summed E-state index contributed by atoms with van der Waals surface area (Å²) >= 11 is 0. The molecule has 0 spiro atoms. The monoisotopic (exact) mass is 420 g/mol. The Morgan fingerprint density at radius 3 is 2.39 bits per heavy atom. The van der Waals surface area contributed by atoms with E-state index in [0.29, 0.717) is 12.6 Å². The van der Waals surface area contributed by atoms with Crippen LogP contribution in [0.25, 0.3) is 11.1 Å². The molecule has 0 bridgehead atoms. The van der Waals surface area contributed by atoms with Gasteiger partial charge in [0.05, 0.1) is 13.7 Å². The lowest BCUT2D eigenvalue weighted by Crippen LogP contribution is -2.35. The molecule has 3 aromatic rings. The molecule has 7 nitrogen and oxygen atoms in total. The van der Waals surface area contributed by atoms with E-state index in [4.69, 9.17) is 9.47 Å². The minimum atomic E-state index is 0.226. The smallest absolute Gasteiger partial charge is 0.227 e. The van der Waals surface area contributed by atoms with Crippen LogP contribution in [0.5, 0.6) is 11.5 Å². The first kappa shape index (κ1) is 21.1. The number of ether oxygens (including phenoxy) is 2. The molecule has 0 aliphatic carbocycles. The Bertz CT molecular complexity index is 946. The van der Waals surface area contributed by atoms with Crippen molar-refractivity contribution in [3.63, 3.8) is 0 Å². The normalized spacial score (nSPS) is 16.3. The number of aliphatic hydroxyl groups is 1. The van der Waals surface area contributed by atoms with Crippen molar-refractivity contribution < 1.29 is 14.6 Å². The Labute approximate surface area is 182 Å². The van der Waals surface area contributed by atoms with Crippen LogP contribution >= 0.6 is 0 Å². The molecule has 1 aliphatic heterocycles. The van der Waals surface area contributed by atoms with Crippen LogP contribution < -0.4 is 14.8 Å². The summed E-state index contributed by atoms with van der Waals surface area (Å²) in [4.78, 5) is 11.1. The topological polar surface area (TPSA) is 79.7 Å². The summed E-state index contributed by atoms with van der Waals surface area (Å²) in [5.41, 5.74) is 2.87. The van der Waals surface area contributed by atoms with E-state index < -0.39 is 0 Å². The van der Waals surface area contributed by atoms with Crippen molar-refractivity contribution in [2.45, 2.75) is 18.9 Å². The first-order valence-corrected chi connectivity index (χ1v) is 10.6. The molecule has 1 atom stereocenters. The molecule has 0 unspecified atom stereocenters. The largest absolute Gasteiger partial charge is 0.497 e. The van der Waals surface area contributed by atoms with Gasteiger partial charge in [-0.05, 0) is 61.3 Å². The second-order valence-corrected chi connectivity index (χ2v) is 7.54. The number of aromatic nitrogens is 2. The number of nitrogens with one attached hydrogen (secondary N) is 1. The first-order valence-electron chi connectivity index (χ1n) is 10.6. The molecule has 0 radical (unpaired) electrons. The van der Waals surface area contributed by atoms with Crippen LogP contribution in [0.1, 0.15) is 12.8 Å². The van der Waals surface area contributed by atoms with Gasteiger partial charge in [0.1, 0.15) is 18.1 Å². The van der Waals surface area contributed by atoms with E-state index in [1.807, 2.05) is 48.5 Å². The van der Waals surface area contributed by atoms with Gasteiger partial charge in [0.25, 0.3) is 0 Å². The van der Waals surface area contributed by atoms with Gasteiger partial charge in [-0.1, -0.05) is 12.1 Å². The molecule has 31 heavy (non-hydrogen) atoms. The first-order chi connectivity index (χ1) is 15.2. The SMILES string of the molecule is COc1ccc(-c2cnc(Nc3ccc(OCCN4CCC[C@H]4CO)cc3)nc2)cc1. The van der Waals surface area contributed by atoms with Crippen molar-refractivity contribution in [1.29, 1.82) is 0 Å². The number of benzene rings is 2. The number of hydrogen-bond donors (Lipinski definition) is 2. The molecule has 1 saturated heterocycles. The maximum atomic E-state index is 9.39. The lowest BCUT2D eigenvalue weighted by Gasteiger charge is -2.22.